The number of nitrogens with zero attached hydrogens (tertiary/aromatic N) is 2. The fourth-order valence-electron chi connectivity index (χ4n) is 0.960. The van der Waals surface area contributed by atoms with Crippen LogP contribution in [-0.2, 0) is 0 Å². The van der Waals surface area contributed by atoms with E-state index in [1.807, 2.05) is 0 Å². The lowest BCUT2D eigenvalue weighted by atomic mass is 10.3. The number of aromatic nitrogens is 2. The lowest BCUT2D eigenvalue weighted by molar-refractivity contribution is 0.188. The van der Waals surface area contributed by atoms with E-state index in [9.17, 15) is 0 Å². The normalized spacial score (nSPS) is 12.3. The summed E-state index contributed by atoms with van der Waals surface area (Å²) in [5.74, 6) is 5.95. The van der Waals surface area contributed by atoms with E-state index in [-0.39, 0.29) is 6.10 Å². The van der Waals surface area contributed by atoms with Crippen LogP contribution in [0.25, 0.3) is 0 Å². The number of rotatable bonds is 5. The van der Waals surface area contributed by atoms with Crippen LogP contribution in [0.5, 0.6) is 0 Å². The highest BCUT2D eigenvalue weighted by Gasteiger charge is 2.04. The highest BCUT2D eigenvalue weighted by Crippen LogP contribution is 2.18. The second-order valence-electron chi connectivity index (χ2n) is 3.10. The molecule has 0 aliphatic rings. The summed E-state index contributed by atoms with van der Waals surface area (Å²) in [4.78, 5) is 7.85. The van der Waals surface area contributed by atoms with Crippen LogP contribution in [0.3, 0.4) is 0 Å². The van der Waals surface area contributed by atoms with Crippen LogP contribution in [0.1, 0.15) is 13.3 Å². The van der Waals surface area contributed by atoms with Crippen molar-refractivity contribution in [1.82, 2.24) is 9.97 Å². The van der Waals surface area contributed by atoms with Gasteiger partial charge >= 0.3 is 0 Å². The van der Waals surface area contributed by atoms with E-state index in [0.29, 0.717) is 29.8 Å². The Balaban J connectivity index is 2.59. The molecule has 1 heterocycles. The molecule has 0 amide bonds. The Kier molecular flexibility index (Phi) is 4.54. The zero-order chi connectivity index (χ0) is 11.3. The van der Waals surface area contributed by atoms with Gasteiger partial charge in [-0.25, -0.2) is 10.8 Å². The monoisotopic (exact) mass is 231 g/mol. The van der Waals surface area contributed by atoms with Crippen LogP contribution in [0.2, 0.25) is 5.02 Å². The summed E-state index contributed by atoms with van der Waals surface area (Å²) in [5.41, 5.74) is 2.32. The molecule has 0 fully saturated rings. The molecule has 1 rings (SSSR count). The molecular weight excluding hydrogens is 218 g/mol. The third-order valence-corrected chi connectivity index (χ3v) is 2.00. The summed E-state index contributed by atoms with van der Waals surface area (Å²) in [5, 5.41) is 12.5. The number of hydrogen-bond donors (Lipinski definition) is 4. The highest BCUT2D eigenvalue weighted by molar-refractivity contribution is 6.32. The summed E-state index contributed by atoms with van der Waals surface area (Å²) in [7, 11) is 0. The average molecular weight is 232 g/mol. The number of aliphatic hydroxyl groups is 1. The second-order valence-corrected chi connectivity index (χ2v) is 3.51. The molecule has 6 nitrogen and oxygen atoms in total. The molecule has 0 saturated heterocycles. The summed E-state index contributed by atoms with van der Waals surface area (Å²) >= 11 is 5.85. The van der Waals surface area contributed by atoms with Crippen molar-refractivity contribution in [2.24, 2.45) is 5.84 Å². The molecule has 1 aromatic heterocycles. The van der Waals surface area contributed by atoms with Gasteiger partial charge in [0.2, 0.25) is 5.95 Å². The van der Waals surface area contributed by atoms with Gasteiger partial charge in [0.15, 0.2) is 5.82 Å². The lowest BCUT2D eigenvalue weighted by Crippen LogP contribution is -2.14. The Hall–Kier alpha value is -1.11. The molecule has 7 heteroatoms. The van der Waals surface area contributed by atoms with E-state index in [2.05, 4.69) is 20.7 Å². The van der Waals surface area contributed by atoms with Crippen molar-refractivity contribution in [3.63, 3.8) is 0 Å². The zero-order valence-electron chi connectivity index (χ0n) is 8.37. The third kappa shape index (κ3) is 3.86. The molecule has 0 aromatic carbocycles. The molecule has 0 aliphatic heterocycles. The van der Waals surface area contributed by atoms with Crippen LogP contribution in [-0.4, -0.2) is 27.7 Å². The fraction of sp³-hybridized carbons (Fsp3) is 0.500. The maximum atomic E-state index is 9.06. The molecule has 1 atom stereocenters. The fourth-order valence-corrected chi connectivity index (χ4v) is 1.12. The topological polar surface area (TPSA) is 96.1 Å². The lowest BCUT2D eigenvalue weighted by Gasteiger charge is -2.09. The van der Waals surface area contributed by atoms with Gasteiger partial charge in [-0.05, 0) is 13.3 Å². The third-order valence-electron chi connectivity index (χ3n) is 1.73. The first-order valence-electron chi connectivity index (χ1n) is 4.54. The van der Waals surface area contributed by atoms with Gasteiger partial charge in [-0.2, -0.15) is 4.98 Å². The van der Waals surface area contributed by atoms with Gasteiger partial charge in [-0.1, -0.05) is 11.6 Å². The van der Waals surface area contributed by atoms with E-state index in [1.165, 1.54) is 6.20 Å². The Labute approximate surface area is 92.8 Å². The van der Waals surface area contributed by atoms with Crippen LogP contribution in [0, 0.1) is 0 Å². The van der Waals surface area contributed by atoms with E-state index < -0.39 is 0 Å². The molecule has 84 valence electrons. The van der Waals surface area contributed by atoms with Crippen LogP contribution >= 0.6 is 11.6 Å². The van der Waals surface area contributed by atoms with E-state index in [1.54, 1.807) is 6.92 Å². The predicted molar refractivity (Wildman–Crippen MR) is 59.6 cm³/mol. The van der Waals surface area contributed by atoms with E-state index in [4.69, 9.17) is 22.6 Å². The first kappa shape index (κ1) is 12.0. The largest absolute Gasteiger partial charge is 0.393 e. The molecule has 15 heavy (non-hydrogen) atoms. The van der Waals surface area contributed by atoms with Crippen LogP contribution in [0.4, 0.5) is 11.8 Å². The Morgan fingerprint density at radius 3 is 3.00 bits per heavy atom. The molecule has 0 saturated carbocycles. The van der Waals surface area contributed by atoms with Crippen LogP contribution in [0.15, 0.2) is 6.20 Å². The van der Waals surface area contributed by atoms with E-state index in [0.717, 1.165) is 0 Å². The van der Waals surface area contributed by atoms with Gasteiger partial charge in [-0.15, -0.1) is 0 Å². The minimum absolute atomic E-state index is 0.291. The molecule has 0 radical (unpaired) electrons. The molecule has 5 N–H and O–H groups in total. The molecule has 0 spiro atoms. The smallest absolute Gasteiger partial charge is 0.239 e. The van der Waals surface area contributed by atoms with Gasteiger partial charge in [0.1, 0.15) is 5.02 Å². The SMILES string of the molecule is CC(O)CCNc1nc(NN)ncc1Cl. The molecule has 0 bridgehead atoms. The number of nitrogens with two attached hydrogens (primary N) is 1. The van der Waals surface area contributed by atoms with Crippen molar-refractivity contribution >= 4 is 23.4 Å². The Morgan fingerprint density at radius 2 is 2.40 bits per heavy atom. The average Bonchev–Trinajstić information content (AvgIpc) is 2.20. The number of nitrogen functional groups attached to an aromatic ring is 1. The first-order valence-corrected chi connectivity index (χ1v) is 4.92. The Bertz CT molecular complexity index is 320. The summed E-state index contributed by atoms with van der Waals surface area (Å²) in [6.45, 7) is 2.30. The van der Waals surface area contributed by atoms with Crippen molar-refractivity contribution in [2.75, 3.05) is 17.3 Å². The minimum Gasteiger partial charge on any atom is -0.393 e. The van der Waals surface area contributed by atoms with Crippen molar-refractivity contribution < 1.29 is 5.11 Å². The second kappa shape index (κ2) is 5.69. The molecular formula is C8H14ClN5O. The molecule has 0 aliphatic carbocycles. The number of nitrogens with one attached hydrogen (secondary N) is 2. The summed E-state index contributed by atoms with van der Waals surface area (Å²) in [6.07, 6.45) is 1.71. The van der Waals surface area contributed by atoms with Crippen molar-refractivity contribution in [1.29, 1.82) is 0 Å². The van der Waals surface area contributed by atoms with E-state index >= 15 is 0 Å². The summed E-state index contributed by atoms with van der Waals surface area (Å²) < 4.78 is 0. The number of aliphatic hydroxyl groups excluding tert-OH is 1. The van der Waals surface area contributed by atoms with Crippen molar-refractivity contribution in [3.05, 3.63) is 11.2 Å². The van der Waals surface area contributed by atoms with Gasteiger partial charge in [0, 0.05) is 6.54 Å². The first-order chi connectivity index (χ1) is 7.13. The number of halogens is 1. The maximum Gasteiger partial charge on any atom is 0.239 e. The molecule has 1 aromatic rings. The number of anilines is 2. The van der Waals surface area contributed by atoms with Gasteiger partial charge < -0.3 is 10.4 Å². The Morgan fingerprint density at radius 1 is 1.67 bits per heavy atom. The van der Waals surface area contributed by atoms with Crippen molar-refractivity contribution in [2.45, 2.75) is 19.4 Å². The minimum atomic E-state index is -0.356. The van der Waals surface area contributed by atoms with Crippen LogP contribution < -0.4 is 16.6 Å². The maximum absolute atomic E-state index is 9.06. The van der Waals surface area contributed by atoms with Gasteiger partial charge in [-0.3, -0.25) is 5.43 Å². The summed E-state index contributed by atoms with van der Waals surface area (Å²) in [6, 6.07) is 0. The van der Waals surface area contributed by atoms with Gasteiger partial charge in [0.25, 0.3) is 0 Å². The number of hydrazine groups is 1. The van der Waals surface area contributed by atoms with Gasteiger partial charge in [0.05, 0.1) is 12.3 Å². The standard InChI is InChI=1S/C8H14ClN5O/c1-5(15)2-3-11-7-6(9)4-12-8(13-7)14-10/h4-5,15H,2-3,10H2,1H3,(H2,11,12,13,14). The molecule has 1 unspecified atom stereocenters. The zero-order valence-corrected chi connectivity index (χ0v) is 9.12. The quantitative estimate of drug-likeness (QED) is 0.438. The van der Waals surface area contributed by atoms with Crippen molar-refractivity contribution in [3.8, 4) is 0 Å². The predicted octanol–water partition coefficient (Wildman–Crippen LogP) is 0.598. The number of hydrogen-bond acceptors (Lipinski definition) is 6. The highest BCUT2D eigenvalue weighted by atomic mass is 35.5.